The van der Waals surface area contributed by atoms with E-state index < -0.39 is 0 Å². The Kier molecular flexibility index (Phi) is 6.07. The number of nitrogens with zero attached hydrogens (tertiary/aromatic N) is 5. The van der Waals surface area contributed by atoms with Crippen LogP contribution in [0.3, 0.4) is 0 Å². The van der Waals surface area contributed by atoms with Gasteiger partial charge in [-0.1, -0.05) is 36.4 Å². The number of carbonyl (C=O) groups excluding carboxylic acids is 1. The summed E-state index contributed by atoms with van der Waals surface area (Å²) in [5.74, 6) is 0.386. The lowest BCUT2D eigenvalue weighted by molar-refractivity contribution is 0.0945. The van der Waals surface area contributed by atoms with E-state index >= 15 is 0 Å². The van der Waals surface area contributed by atoms with Gasteiger partial charge in [0.05, 0.1) is 12.2 Å². The summed E-state index contributed by atoms with van der Waals surface area (Å²) in [5.41, 5.74) is 2.51. The Balaban J connectivity index is 1.32. The maximum absolute atomic E-state index is 12.5. The molecule has 1 saturated heterocycles. The number of hydrogen-bond acceptors (Lipinski definition) is 6. The van der Waals surface area contributed by atoms with Crippen LogP contribution in [0, 0.1) is 0 Å². The van der Waals surface area contributed by atoms with Crippen molar-refractivity contribution < 1.29 is 4.79 Å². The van der Waals surface area contributed by atoms with E-state index in [-0.39, 0.29) is 5.91 Å². The highest BCUT2D eigenvalue weighted by Gasteiger charge is 2.20. The fraction of sp³-hybridized carbons (Fsp3) is 0.273. The highest BCUT2D eigenvalue weighted by molar-refractivity contribution is 5.92. The third-order valence-corrected chi connectivity index (χ3v) is 4.94. The second-order valence-electron chi connectivity index (χ2n) is 6.99. The molecular weight excluding hydrogens is 364 g/mol. The average molecular weight is 388 g/mol. The molecule has 0 aliphatic carbocycles. The zero-order valence-electron chi connectivity index (χ0n) is 16.2. The van der Waals surface area contributed by atoms with Gasteiger partial charge < -0.3 is 10.2 Å². The molecule has 1 amide bonds. The van der Waals surface area contributed by atoms with E-state index in [0.717, 1.165) is 38.4 Å². The summed E-state index contributed by atoms with van der Waals surface area (Å²) in [7, 11) is 0. The molecule has 2 aromatic heterocycles. The fourth-order valence-electron chi connectivity index (χ4n) is 3.34. The minimum absolute atomic E-state index is 0.220. The van der Waals surface area contributed by atoms with Crippen molar-refractivity contribution in [3.63, 3.8) is 0 Å². The molecule has 7 heteroatoms. The summed E-state index contributed by atoms with van der Waals surface area (Å²) in [6, 6.07) is 17.8. The predicted molar refractivity (Wildman–Crippen MR) is 111 cm³/mol. The number of rotatable bonds is 6. The number of benzene rings is 1. The van der Waals surface area contributed by atoms with Gasteiger partial charge in [0.2, 0.25) is 5.95 Å². The summed E-state index contributed by atoms with van der Waals surface area (Å²) < 4.78 is 0. The van der Waals surface area contributed by atoms with Crippen LogP contribution in [-0.2, 0) is 13.1 Å². The Morgan fingerprint density at radius 1 is 0.897 bits per heavy atom. The number of hydrogen-bond donors (Lipinski definition) is 1. The number of aromatic nitrogens is 3. The van der Waals surface area contributed by atoms with E-state index in [0.29, 0.717) is 18.2 Å². The second kappa shape index (κ2) is 9.25. The second-order valence-corrected chi connectivity index (χ2v) is 6.99. The molecule has 1 aromatic carbocycles. The van der Waals surface area contributed by atoms with Crippen LogP contribution in [0.25, 0.3) is 0 Å². The van der Waals surface area contributed by atoms with Crippen molar-refractivity contribution in [2.75, 3.05) is 31.1 Å². The number of pyridine rings is 1. The summed E-state index contributed by atoms with van der Waals surface area (Å²) in [5, 5.41) is 2.86. The van der Waals surface area contributed by atoms with Gasteiger partial charge in [-0.2, -0.15) is 0 Å². The van der Waals surface area contributed by atoms with E-state index in [9.17, 15) is 4.79 Å². The lowest BCUT2D eigenvalue weighted by Gasteiger charge is -2.34. The summed E-state index contributed by atoms with van der Waals surface area (Å²) in [4.78, 5) is 30.1. The molecule has 0 spiro atoms. The number of amides is 1. The first-order valence-corrected chi connectivity index (χ1v) is 9.80. The van der Waals surface area contributed by atoms with Crippen molar-refractivity contribution in [1.29, 1.82) is 0 Å². The Hall–Kier alpha value is -3.32. The fourth-order valence-corrected chi connectivity index (χ4v) is 3.34. The van der Waals surface area contributed by atoms with Crippen LogP contribution in [0.2, 0.25) is 0 Å². The highest BCUT2D eigenvalue weighted by atomic mass is 16.1. The zero-order chi connectivity index (χ0) is 19.9. The molecule has 148 valence electrons. The van der Waals surface area contributed by atoms with Gasteiger partial charge >= 0.3 is 0 Å². The third-order valence-electron chi connectivity index (χ3n) is 4.94. The smallest absolute Gasteiger partial charge is 0.270 e. The number of piperazine rings is 1. The molecule has 0 atom stereocenters. The molecule has 1 aliphatic rings. The van der Waals surface area contributed by atoms with E-state index in [1.54, 1.807) is 18.5 Å². The van der Waals surface area contributed by atoms with E-state index in [1.165, 1.54) is 5.56 Å². The van der Waals surface area contributed by atoms with E-state index in [4.69, 9.17) is 0 Å². The van der Waals surface area contributed by atoms with Crippen LogP contribution >= 0.6 is 0 Å². The SMILES string of the molecule is O=C(NCc1ccccn1)c1ccnc(N2CCN(Cc3ccccc3)CC2)n1. The molecule has 0 bridgehead atoms. The number of carbonyl (C=O) groups is 1. The van der Waals surface area contributed by atoms with Crippen LogP contribution in [0.4, 0.5) is 5.95 Å². The van der Waals surface area contributed by atoms with Crippen LogP contribution in [0.15, 0.2) is 67.0 Å². The Morgan fingerprint density at radius 3 is 2.45 bits per heavy atom. The van der Waals surface area contributed by atoms with Crippen LogP contribution in [0.5, 0.6) is 0 Å². The zero-order valence-corrected chi connectivity index (χ0v) is 16.2. The average Bonchev–Trinajstić information content (AvgIpc) is 2.79. The van der Waals surface area contributed by atoms with Crippen LogP contribution in [0.1, 0.15) is 21.7 Å². The van der Waals surface area contributed by atoms with Gasteiger partial charge in [-0.25, -0.2) is 9.97 Å². The molecular formula is C22H24N6O. The van der Waals surface area contributed by atoms with E-state index in [2.05, 4.69) is 54.3 Å². The monoisotopic (exact) mass is 388 g/mol. The van der Waals surface area contributed by atoms with Crippen molar-refractivity contribution >= 4 is 11.9 Å². The van der Waals surface area contributed by atoms with Crippen molar-refractivity contribution in [1.82, 2.24) is 25.2 Å². The number of anilines is 1. The first-order valence-electron chi connectivity index (χ1n) is 9.80. The van der Waals surface area contributed by atoms with E-state index in [1.807, 2.05) is 24.3 Å². The maximum Gasteiger partial charge on any atom is 0.270 e. The molecule has 29 heavy (non-hydrogen) atoms. The molecule has 4 rings (SSSR count). The Labute approximate surface area is 170 Å². The first-order chi connectivity index (χ1) is 14.3. The topological polar surface area (TPSA) is 74.2 Å². The maximum atomic E-state index is 12.5. The Morgan fingerprint density at radius 2 is 1.69 bits per heavy atom. The Bertz CT molecular complexity index is 926. The summed E-state index contributed by atoms with van der Waals surface area (Å²) >= 11 is 0. The normalized spacial score (nSPS) is 14.6. The predicted octanol–water partition coefficient (Wildman–Crippen LogP) is 2.12. The highest BCUT2D eigenvalue weighted by Crippen LogP contribution is 2.13. The van der Waals surface area contributed by atoms with Gasteiger partial charge in [0.25, 0.3) is 5.91 Å². The van der Waals surface area contributed by atoms with Crippen molar-refractivity contribution in [3.05, 3.63) is 83.9 Å². The van der Waals surface area contributed by atoms with Crippen molar-refractivity contribution in [2.45, 2.75) is 13.1 Å². The minimum Gasteiger partial charge on any atom is -0.345 e. The quantitative estimate of drug-likeness (QED) is 0.697. The summed E-state index contributed by atoms with van der Waals surface area (Å²) in [6.07, 6.45) is 3.36. The van der Waals surface area contributed by atoms with Crippen LogP contribution < -0.4 is 10.2 Å². The summed E-state index contributed by atoms with van der Waals surface area (Å²) in [6.45, 7) is 4.88. The molecule has 3 aromatic rings. The minimum atomic E-state index is -0.220. The largest absolute Gasteiger partial charge is 0.345 e. The van der Waals surface area contributed by atoms with Crippen molar-refractivity contribution in [3.8, 4) is 0 Å². The molecule has 1 N–H and O–H groups in total. The van der Waals surface area contributed by atoms with Gasteiger partial charge in [0.15, 0.2) is 0 Å². The lowest BCUT2D eigenvalue weighted by Crippen LogP contribution is -2.46. The lowest BCUT2D eigenvalue weighted by atomic mass is 10.2. The van der Waals surface area contributed by atoms with Gasteiger partial charge in [-0.05, 0) is 23.8 Å². The molecule has 7 nitrogen and oxygen atoms in total. The molecule has 0 unspecified atom stereocenters. The van der Waals surface area contributed by atoms with Crippen molar-refractivity contribution in [2.24, 2.45) is 0 Å². The van der Waals surface area contributed by atoms with Gasteiger partial charge in [-0.15, -0.1) is 0 Å². The molecule has 1 fully saturated rings. The molecule has 0 radical (unpaired) electrons. The first kappa shape index (κ1) is 19.0. The van der Waals surface area contributed by atoms with Gasteiger partial charge in [0, 0.05) is 45.1 Å². The molecule has 3 heterocycles. The molecule has 0 saturated carbocycles. The third kappa shape index (κ3) is 5.14. The molecule has 1 aliphatic heterocycles. The van der Waals surface area contributed by atoms with Crippen LogP contribution in [-0.4, -0.2) is 51.9 Å². The number of nitrogens with one attached hydrogen (secondary N) is 1. The van der Waals surface area contributed by atoms with Gasteiger partial charge in [0.1, 0.15) is 5.69 Å². The van der Waals surface area contributed by atoms with Gasteiger partial charge in [-0.3, -0.25) is 14.7 Å². The standard InChI is InChI=1S/C22H24N6O/c29-21(25-16-19-8-4-5-10-23-19)20-9-11-24-22(26-20)28-14-12-27(13-15-28)17-18-6-2-1-3-7-18/h1-11H,12-17H2,(H,25,29).